The molecular formula is C11H19N3OS. The third-order valence-corrected chi connectivity index (χ3v) is 4.42. The number of rotatable bonds is 5. The highest BCUT2D eigenvalue weighted by atomic mass is 32.2. The zero-order valence-electron chi connectivity index (χ0n) is 9.35. The van der Waals surface area contributed by atoms with Crippen molar-refractivity contribution in [2.75, 3.05) is 12.4 Å². The van der Waals surface area contributed by atoms with Crippen LogP contribution in [-0.2, 0) is 0 Å². The second kappa shape index (κ2) is 5.21. The van der Waals surface area contributed by atoms with Gasteiger partial charge in [0.25, 0.3) is 0 Å². The van der Waals surface area contributed by atoms with Crippen LogP contribution in [-0.4, -0.2) is 33.0 Å². The summed E-state index contributed by atoms with van der Waals surface area (Å²) in [7, 11) is 0. The molecule has 0 spiro atoms. The maximum atomic E-state index is 9.33. The topological polar surface area (TPSA) is 74.9 Å². The Morgan fingerprint density at radius 3 is 3.25 bits per heavy atom. The van der Waals surface area contributed by atoms with E-state index in [-0.39, 0.29) is 12.1 Å². The van der Waals surface area contributed by atoms with Gasteiger partial charge in [-0.1, -0.05) is 18.2 Å². The number of imidazole rings is 1. The lowest BCUT2D eigenvalue weighted by Gasteiger charge is -2.29. The fourth-order valence-corrected chi connectivity index (χ4v) is 3.32. The first-order chi connectivity index (χ1) is 7.74. The minimum absolute atomic E-state index is 0.114. The van der Waals surface area contributed by atoms with Gasteiger partial charge in [0.2, 0.25) is 0 Å². The van der Waals surface area contributed by atoms with Crippen molar-refractivity contribution in [2.45, 2.75) is 36.4 Å². The number of nitrogens with zero attached hydrogens (tertiary/aromatic N) is 1. The molecule has 0 amide bonds. The number of aromatic nitrogens is 2. The van der Waals surface area contributed by atoms with Crippen LogP contribution in [0.2, 0.25) is 0 Å². The van der Waals surface area contributed by atoms with Crippen molar-refractivity contribution in [1.29, 1.82) is 0 Å². The van der Waals surface area contributed by atoms with Crippen molar-refractivity contribution >= 4 is 11.8 Å². The fourth-order valence-electron chi connectivity index (χ4n) is 2.44. The lowest BCUT2D eigenvalue weighted by Crippen LogP contribution is -2.47. The van der Waals surface area contributed by atoms with Crippen LogP contribution in [0.4, 0.5) is 0 Å². The fraction of sp³-hybridized carbons (Fsp3) is 0.727. The molecule has 5 heteroatoms. The molecule has 1 saturated carbocycles. The smallest absolute Gasteiger partial charge is 0.165 e. The number of hydrogen-bond donors (Lipinski definition) is 3. The van der Waals surface area contributed by atoms with E-state index in [4.69, 9.17) is 5.73 Å². The van der Waals surface area contributed by atoms with E-state index in [2.05, 4.69) is 9.97 Å². The van der Waals surface area contributed by atoms with Crippen molar-refractivity contribution in [3.8, 4) is 0 Å². The van der Waals surface area contributed by atoms with E-state index in [9.17, 15) is 5.11 Å². The lowest BCUT2D eigenvalue weighted by molar-refractivity contribution is 0.158. The third-order valence-electron chi connectivity index (χ3n) is 3.48. The van der Waals surface area contributed by atoms with Gasteiger partial charge in [0.1, 0.15) is 0 Å². The van der Waals surface area contributed by atoms with Crippen molar-refractivity contribution in [3.05, 3.63) is 12.4 Å². The van der Waals surface area contributed by atoms with Gasteiger partial charge < -0.3 is 15.8 Å². The Morgan fingerprint density at radius 2 is 2.56 bits per heavy atom. The van der Waals surface area contributed by atoms with E-state index >= 15 is 0 Å². The van der Waals surface area contributed by atoms with Crippen molar-refractivity contribution in [2.24, 2.45) is 11.7 Å². The number of aliphatic hydroxyl groups is 1. The molecule has 1 aliphatic rings. The van der Waals surface area contributed by atoms with Crippen molar-refractivity contribution in [1.82, 2.24) is 9.97 Å². The molecule has 4 N–H and O–H groups in total. The van der Waals surface area contributed by atoms with E-state index in [1.165, 1.54) is 0 Å². The normalized spacial score (nSPS) is 29.8. The van der Waals surface area contributed by atoms with Gasteiger partial charge in [-0.25, -0.2) is 4.98 Å². The molecule has 1 aliphatic carbocycles. The average molecular weight is 241 g/mol. The molecule has 90 valence electrons. The maximum Gasteiger partial charge on any atom is 0.165 e. The largest absolute Gasteiger partial charge is 0.394 e. The zero-order chi connectivity index (χ0) is 11.4. The van der Waals surface area contributed by atoms with Gasteiger partial charge in [-0.05, 0) is 25.2 Å². The first kappa shape index (κ1) is 12.0. The van der Waals surface area contributed by atoms with Crippen LogP contribution in [0.25, 0.3) is 0 Å². The van der Waals surface area contributed by atoms with E-state index in [0.717, 1.165) is 36.6 Å². The predicted molar refractivity (Wildman–Crippen MR) is 65.3 cm³/mol. The van der Waals surface area contributed by atoms with Gasteiger partial charge in [0.15, 0.2) is 5.16 Å². The molecule has 1 aromatic rings. The average Bonchev–Trinajstić information content (AvgIpc) is 2.90. The summed E-state index contributed by atoms with van der Waals surface area (Å²) >= 11 is 1.72. The van der Waals surface area contributed by atoms with E-state index in [0.29, 0.717) is 5.92 Å². The minimum Gasteiger partial charge on any atom is -0.394 e. The van der Waals surface area contributed by atoms with Crippen molar-refractivity contribution in [3.63, 3.8) is 0 Å². The Hall–Kier alpha value is -0.520. The molecule has 0 aromatic carbocycles. The van der Waals surface area contributed by atoms with Crippen LogP contribution in [0.3, 0.4) is 0 Å². The number of aromatic amines is 1. The number of H-pyrrole nitrogens is 1. The van der Waals surface area contributed by atoms with Gasteiger partial charge in [-0.2, -0.15) is 0 Å². The molecule has 0 radical (unpaired) electrons. The highest BCUT2D eigenvalue weighted by molar-refractivity contribution is 7.99. The highest BCUT2D eigenvalue weighted by Gasteiger charge is 2.38. The van der Waals surface area contributed by atoms with E-state index in [1.807, 2.05) is 6.20 Å². The third kappa shape index (κ3) is 2.59. The summed E-state index contributed by atoms with van der Waals surface area (Å²) < 4.78 is 0. The Bertz CT molecular complexity index is 317. The Labute approximate surface area is 100 Å². The monoisotopic (exact) mass is 241 g/mol. The second-order valence-corrected chi connectivity index (χ2v) is 5.60. The van der Waals surface area contributed by atoms with Gasteiger partial charge in [0.05, 0.1) is 6.61 Å². The Morgan fingerprint density at radius 1 is 1.69 bits per heavy atom. The highest BCUT2D eigenvalue weighted by Crippen LogP contribution is 2.36. The summed E-state index contributed by atoms with van der Waals surface area (Å²) in [5.74, 6) is 1.47. The summed E-state index contributed by atoms with van der Waals surface area (Å²) in [5, 5.41) is 10.3. The summed E-state index contributed by atoms with van der Waals surface area (Å²) in [4.78, 5) is 7.23. The first-order valence-electron chi connectivity index (χ1n) is 5.76. The molecule has 0 saturated heterocycles. The molecule has 16 heavy (non-hydrogen) atoms. The molecule has 0 aliphatic heterocycles. The molecule has 4 nitrogen and oxygen atoms in total. The predicted octanol–water partition coefficient (Wildman–Crippen LogP) is 1.38. The summed E-state index contributed by atoms with van der Waals surface area (Å²) in [5.41, 5.74) is 5.85. The number of nitrogens with one attached hydrogen (secondary N) is 1. The molecule has 2 atom stereocenters. The molecule has 1 aromatic heterocycles. The van der Waals surface area contributed by atoms with Crippen LogP contribution in [0.5, 0.6) is 0 Å². The summed E-state index contributed by atoms with van der Waals surface area (Å²) in [6.07, 6.45) is 7.91. The van der Waals surface area contributed by atoms with Crippen molar-refractivity contribution < 1.29 is 5.11 Å². The van der Waals surface area contributed by atoms with Crippen LogP contribution in [0, 0.1) is 5.92 Å². The number of nitrogens with two attached hydrogens (primary N) is 1. The molecule has 2 rings (SSSR count). The standard InChI is InChI=1S/C11H19N3OS/c12-11(8-15)4-1-2-9(11)3-7-16-10-13-5-6-14-10/h5-6,9,15H,1-4,7-8,12H2,(H,13,14). The molecule has 1 fully saturated rings. The van der Waals surface area contributed by atoms with Gasteiger partial charge in [-0.15, -0.1) is 0 Å². The SMILES string of the molecule is NC1(CO)CCCC1CCSc1ncc[nH]1. The van der Waals surface area contributed by atoms with E-state index < -0.39 is 0 Å². The molecular weight excluding hydrogens is 222 g/mol. The van der Waals surface area contributed by atoms with Crippen LogP contribution in [0.1, 0.15) is 25.7 Å². The summed E-state index contributed by atoms with van der Waals surface area (Å²) in [6.45, 7) is 0.114. The molecule has 2 unspecified atom stereocenters. The minimum atomic E-state index is -0.330. The number of hydrogen-bond acceptors (Lipinski definition) is 4. The van der Waals surface area contributed by atoms with E-state index in [1.54, 1.807) is 18.0 Å². The second-order valence-electron chi connectivity index (χ2n) is 4.51. The zero-order valence-corrected chi connectivity index (χ0v) is 10.2. The quantitative estimate of drug-likeness (QED) is 0.681. The van der Waals surface area contributed by atoms with Gasteiger partial charge >= 0.3 is 0 Å². The van der Waals surface area contributed by atoms with Crippen LogP contribution in [0.15, 0.2) is 17.6 Å². The van der Waals surface area contributed by atoms with Crippen LogP contribution < -0.4 is 5.73 Å². The Kier molecular flexibility index (Phi) is 3.89. The molecule has 0 bridgehead atoms. The molecule has 1 heterocycles. The van der Waals surface area contributed by atoms with Gasteiger partial charge in [0, 0.05) is 23.7 Å². The first-order valence-corrected chi connectivity index (χ1v) is 6.75. The van der Waals surface area contributed by atoms with Crippen LogP contribution >= 0.6 is 11.8 Å². The number of aliphatic hydroxyl groups excluding tert-OH is 1. The summed E-state index contributed by atoms with van der Waals surface area (Å²) in [6, 6.07) is 0. The lowest BCUT2D eigenvalue weighted by atomic mass is 9.87. The maximum absolute atomic E-state index is 9.33. The Balaban J connectivity index is 1.77. The van der Waals surface area contributed by atoms with Gasteiger partial charge in [-0.3, -0.25) is 0 Å². The number of thioether (sulfide) groups is 1.